The van der Waals surface area contributed by atoms with Gasteiger partial charge in [0.25, 0.3) is 0 Å². The van der Waals surface area contributed by atoms with Crippen molar-refractivity contribution in [3.8, 4) is 0 Å². The Morgan fingerprint density at radius 3 is 2.57 bits per heavy atom. The number of anilines is 1. The van der Waals surface area contributed by atoms with E-state index in [2.05, 4.69) is 70.9 Å². The number of fused-ring (bicyclic) bond motifs is 1. The van der Waals surface area contributed by atoms with Crippen LogP contribution < -0.4 is 10.2 Å². The van der Waals surface area contributed by atoms with Crippen LogP contribution in [0.15, 0.2) is 42.6 Å². The van der Waals surface area contributed by atoms with Crippen molar-refractivity contribution in [2.75, 3.05) is 18.0 Å². The molecule has 4 rings (SSSR count). The van der Waals surface area contributed by atoms with Crippen LogP contribution in [-0.2, 0) is 24.4 Å². The lowest BCUT2D eigenvalue weighted by atomic mass is 10.2. The van der Waals surface area contributed by atoms with Crippen molar-refractivity contribution in [3.63, 3.8) is 0 Å². The monoisotopic (exact) mass is 379 g/mol. The van der Waals surface area contributed by atoms with E-state index in [0.29, 0.717) is 0 Å². The van der Waals surface area contributed by atoms with Gasteiger partial charge in [0.2, 0.25) is 0 Å². The van der Waals surface area contributed by atoms with E-state index in [0.717, 1.165) is 49.9 Å². The molecule has 0 radical (unpaired) electrons. The first kappa shape index (κ1) is 18.9. The van der Waals surface area contributed by atoms with E-state index in [9.17, 15) is 0 Å². The van der Waals surface area contributed by atoms with Gasteiger partial charge in [-0.25, -0.2) is 9.97 Å². The molecule has 1 saturated heterocycles. The molecule has 1 aliphatic heterocycles. The molecule has 0 aliphatic carbocycles. The minimum absolute atomic E-state index is 0.240. The zero-order valence-corrected chi connectivity index (χ0v) is 16.9. The molecule has 0 amide bonds. The predicted octanol–water partition coefficient (Wildman–Crippen LogP) is 3.35. The fourth-order valence-electron chi connectivity index (χ4n) is 4.01. The Morgan fingerprint density at radius 1 is 1.07 bits per heavy atom. The Bertz CT molecular complexity index is 910. The summed E-state index contributed by atoms with van der Waals surface area (Å²) in [6.07, 6.45) is 2.45. The van der Waals surface area contributed by atoms with Gasteiger partial charge in [-0.3, -0.25) is 0 Å². The van der Waals surface area contributed by atoms with Gasteiger partial charge in [-0.15, -0.1) is 0 Å². The van der Waals surface area contributed by atoms with Gasteiger partial charge in [0.05, 0.1) is 29.8 Å². The number of imidazole rings is 1. The second-order valence-electron chi connectivity index (χ2n) is 7.55. The number of ether oxygens (including phenoxy) is 1. The van der Waals surface area contributed by atoms with Crippen LogP contribution in [0.2, 0.25) is 0 Å². The lowest BCUT2D eigenvalue weighted by molar-refractivity contribution is -0.00545. The summed E-state index contributed by atoms with van der Waals surface area (Å²) in [7, 11) is 0. The number of aryl methyl sites for hydroxylation is 1. The molecule has 3 aromatic rings. The summed E-state index contributed by atoms with van der Waals surface area (Å²) in [6, 6.07) is 12.6. The molecule has 0 spiro atoms. The third-order valence-corrected chi connectivity index (χ3v) is 5.21. The van der Waals surface area contributed by atoms with Crippen LogP contribution in [0, 0.1) is 0 Å². The van der Waals surface area contributed by atoms with Crippen LogP contribution >= 0.6 is 0 Å². The van der Waals surface area contributed by atoms with E-state index < -0.39 is 0 Å². The molecule has 3 heterocycles. The maximum absolute atomic E-state index is 5.81. The lowest BCUT2D eigenvalue weighted by Gasteiger charge is -2.36. The van der Waals surface area contributed by atoms with Crippen molar-refractivity contribution < 1.29 is 4.74 Å². The number of pyridine rings is 1. The second kappa shape index (κ2) is 8.29. The van der Waals surface area contributed by atoms with E-state index in [1.807, 2.05) is 12.3 Å². The van der Waals surface area contributed by atoms with Gasteiger partial charge < -0.3 is 19.5 Å². The number of aromatic nitrogens is 3. The highest BCUT2D eigenvalue weighted by atomic mass is 16.5. The predicted molar refractivity (Wildman–Crippen MR) is 112 cm³/mol. The van der Waals surface area contributed by atoms with Crippen molar-refractivity contribution in [3.05, 3.63) is 54.0 Å². The molecule has 0 unspecified atom stereocenters. The highest BCUT2D eigenvalue weighted by Gasteiger charge is 2.22. The first-order valence-electron chi connectivity index (χ1n) is 10.1. The fraction of sp³-hybridized carbons (Fsp3) is 0.455. The van der Waals surface area contributed by atoms with Crippen molar-refractivity contribution in [1.29, 1.82) is 0 Å². The van der Waals surface area contributed by atoms with Gasteiger partial charge in [0.1, 0.15) is 11.6 Å². The molecule has 0 bridgehead atoms. The molecule has 6 heteroatoms. The first-order chi connectivity index (χ1) is 13.6. The molecule has 2 aromatic heterocycles. The quantitative estimate of drug-likeness (QED) is 0.712. The summed E-state index contributed by atoms with van der Waals surface area (Å²) in [4.78, 5) is 11.8. The maximum Gasteiger partial charge on any atom is 0.128 e. The fourth-order valence-corrected chi connectivity index (χ4v) is 4.01. The zero-order valence-electron chi connectivity index (χ0n) is 16.9. The normalized spacial score (nSPS) is 20.0. The Balaban J connectivity index is 1.37. The van der Waals surface area contributed by atoms with Crippen LogP contribution in [0.25, 0.3) is 11.0 Å². The number of rotatable bonds is 6. The van der Waals surface area contributed by atoms with Crippen molar-refractivity contribution >= 4 is 16.9 Å². The number of para-hydroxylation sites is 2. The van der Waals surface area contributed by atoms with Crippen LogP contribution in [0.1, 0.15) is 32.2 Å². The minimum Gasteiger partial charge on any atom is -0.372 e. The molecule has 1 aliphatic rings. The Kier molecular flexibility index (Phi) is 5.59. The molecule has 1 fully saturated rings. The van der Waals surface area contributed by atoms with E-state index >= 15 is 0 Å². The molecular formula is C22H29N5O. The standard InChI is InChI=1S/C22H29N5O/c1-4-27-20-8-6-5-7-19(20)25-22(27)13-23-11-18-9-10-21(24-12-18)26-14-16(2)28-17(3)15-26/h5-10,12,16-17,23H,4,11,13-15H2,1-3H3/t16-,17-/m0/s1. The maximum atomic E-state index is 5.81. The number of nitrogens with zero attached hydrogens (tertiary/aromatic N) is 4. The van der Waals surface area contributed by atoms with Crippen molar-refractivity contribution in [2.24, 2.45) is 0 Å². The van der Waals surface area contributed by atoms with E-state index in [1.165, 1.54) is 11.1 Å². The number of morpholine rings is 1. The zero-order chi connectivity index (χ0) is 19.5. The highest BCUT2D eigenvalue weighted by Crippen LogP contribution is 2.19. The van der Waals surface area contributed by atoms with Gasteiger partial charge >= 0.3 is 0 Å². The Labute approximate surface area is 166 Å². The second-order valence-corrected chi connectivity index (χ2v) is 7.55. The number of hydrogen-bond donors (Lipinski definition) is 1. The van der Waals surface area contributed by atoms with Gasteiger partial charge in [0.15, 0.2) is 0 Å². The number of benzene rings is 1. The van der Waals surface area contributed by atoms with Gasteiger partial charge in [-0.2, -0.15) is 0 Å². The van der Waals surface area contributed by atoms with Crippen LogP contribution in [0.5, 0.6) is 0 Å². The smallest absolute Gasteiger partial charge is 0.128 e. The van der Waals surface area contributed by atoms with Gasteiger partial charge in [0, 0.05) is 32.4 Å². The molecule has 0 saturated carbocycles. The van der Waals surface area contributed by atoms with Crippen molar-refractivity contribution in [1.82, 2.24) is 19.9 Å². The number of hydrogen-bond acceptors (Lipinski definition) is 5. The highest BCUT2D eigenvalue weighted by molar-refractivity contribution is 5.75. The summed E-state index contributed by atoms with van der Waals surface area (Å²) >= 11 is 0. The SMILES string of the molecule is CCn1c(CNCc2ccc(N3C[C@H](C)O[C@@H](C)C3)nc2)nc2ccccc21. The average Bonchev–Trinajstić information content (AvgIpc) is 3.05. The molecule has 1 N–H and O–H groups in total. The number of nitrogens with one attached hydrogen (secondary N) is 1. The summed E-state index contributed by atoms with van der Waals surface area (Å²) in [5.41, 5.74) is 3.43. The summed E-state index contributed by atoms with van der Waals surface area (Å²) in [5.74, 6) is 2.10. The molecule has 28 heavy (non-hydrogen) atoms. The average molecular weight is 380 g/mol. The summed E-state index contributed by atoms with van der Waals surface area (Å²) < 4.78 is 8.08. The summed E-state index contributed by atoms with van der Waals surface area (Å²) in [6.45, 7) is 10.6. The topological polar surface area (TPSA) is 55.2 Å². The molecule has 148 valence electrons. The Morgan fingerprint density at radius 2 is 1.86 bits per heavy atom. The lowest BCUT2D eigenvalue weighted by Crippen LogP contribution is -2.45. The van der Waals surface area contributed by atoms with Gasteiger partial charge in [-0.05, 0) is 44.5 Å². The minimum atomic E-state index is 0.240. The first-order valence-corrected chi connectivity index (χ1v) is 10.1. The van der Waals surface area contributed by atoms with E-state index in [-0.39, 0.29) is 12.2 Å². The van der Waals surface area contributed by atoms with Crippen LogP contribution in [0.3, 0.4) is 0 Å². The van der Waals surface area contributed by atoms with Crippen LogP contribution in [0.4, 0.5) is 5.82 Å². The van der Waals surface area contributed by atoms with Crippen molar-refractivity contribution in [2.45, 2.75) is 52.6 Å². The van der Waals surface area contributed by atoms with Gasteiger partial charge in [-0.1, -0.05) is 18.2 Å². The largest absolute Gasteiger partial charge is 0.372 e. The Hall–Kier alpha value is -2.44. The third kappa shape index (κ3) is 4.03. The molecule has 2 atom stereocenters. The third-order valence-electron chi connectivity index (χ3n) is 5.21. The van der Waals surface area contributed by atoms with Crippen LogP contribution in [-0.4, -0.2) is 39.8 Å². The van der Waals surface area contributed by atoms with E-state index in [4.69, 9.17) is 9.72 Å². The molecular weight excluding hydrogens is 350 g/mol. The van der Waals surface area contributed by atoms with E-state index in [1.54, 1.807) is 0 Å². The molecule has 1 aromatic carbocycles. The molecule has 6 nitrogen and oxygen atoms in total. The summed E-state index contributed by atoms with van der Waals surface area (Å²) in [5, 5.41) is 3.51.